The predicted octanol–water partition coefficient (Wildman–Crippen LogP) is -0.598. The fourth-order valence-corrected chi connectivity index (χ4v) is 0.534. The van der Waals surface area contributed by atoms with Crippen molar-refractivity contribution in [1.29, 1.82) is 0 Å². The van der Waals surface area contributed by atoms with E-state index >= 15 is 0 Å². The lowest BCUT2D eigenvalue weighted by atomic mass is 10.7. The fourth-order valence-electron chi connectivity index (χ4n) is 0.534. The third kappa shape index (κ3) is 1.60. The third-order valence-corrected chi connectivity index (χ3v) is 0.951. The summed E-state index contributed by atoms with van der Waals surface area (Å²) in [4.78, 5) is 15.2. The number of aromatic nitrogens is 1. The zero-order valence-electron chi connectivity index (χ0n) is 5.36. The van der Waals surface area contributed by atoms with Gasteiger partial charge in [0.25, 0.3) is 0 Å². The highest BCUT2D eigenvalue weighted by molar-refractivity contribution is 5.71. The second kappa shape index (κ2) is 3.03. The van der Waals surface area contributed by atoms with Crippen LogP contribution < -0.4 is 10.6 Å². The summed E-state index contributed by atoms with van der Waals surface area (Å²) in [5, 5.41) is 0. The number of carbonyl (C=O) groups is 1. The van der Waals surface area contributed by atoms with Crippen LogP contribution in [-0.2, 0) is 4.79 Å². The lowest BCUT2D eigenvalue weighted by Gasteiger charge is -1.99. The van der Waals surface area contributed by atoms with E-state index in [1.807, 2.05) is 0 Å². The highest BCUT2D eigenvalue weighted by Crippen LogP contribution is 1.84. The zero-order chi connectivity index (χ0) is 7.40. The Bertz CT molecular complexity index is 206. The van der Waals surface area contributed by atoms with Gasteiger partial charge in [-0.15, -0.1) is 0 Å². The summed E-state index contributed by atoms with van der Waals surface area (Å²) in [6.45, 7) is -0.0990. The van der Waals surface area contributed by atoms with Crippen molar-refractivity contribution >= 4 is 5.97 Å². The van der Waals surface area contributed by atoms with Crippen molar-refractivity contribution in [2.24, 2.45) is 5.73 Å². The molecule has 0 spiro atoms. The molecule has 0 aliphatic heterocycles. The number of hydrogen-bond acceptors (Lipinski definition) is 3. The zero-order valence-corrected chi connectivity index (χ0v) is 5.36. The SMILES string of the molecule is NCC(=O)On1cccc1. The van der Waals surface area contributed by atoms with Gasteiger partial charge < -0.3 is 10.6 Å². The van der Waals surface area contributed by atoms with Crippen LogP contribution >= 0.6 is 0 Å². The van der Waals surface area contributed by atoms with Crippen LogP contribution in [0.1, 0.15) is 0 Å². The summed E-state index contributed by atoms with van der Waals surface area (Å²) in [7, 11) is 0. The second-order valence-electron chi connectivity index (χ2n) is 1.71. The van der Waals surface area contributed by atoms with Crippen LogP contribution in [0.25, 0.3) is 0 Å². The van der Waals surface area contributed by atoms with Crippen molar-refractivity contribution in [2.75, 3.05) is 6.54 Å². The Kier molecular flexibility index (Phi) is 2.07. The number of nitrogens with zero attached hydrogens (tertiary/aromatic N) is 1. The fraction of sp³-hybridized carbons (Fsp3) is 0.167. The van der Waals surface area contributed by atoms with Gasteiger partial charge in [-0.3, -0.25) is 0 Å². The van der Waals surface area contributed by atoms with Gasteiger partial charge in [-0.05, 0) is 12.1 Å². The van der Waals surface area contributed by atoms with Crippen molar-refractivity contribution in [3.05, 3.63) is 24.5 Å². The Hall–Kier alpha value is -1.29. The van der Waals surface area contributed by atoms with E-state index in [1.54, 1.807) is 24.5 Å². The molecule has 0 fully saturated rings. The maximum atomic E-state index is 10.5. The lowest BCUT2D eigenvalue weighted by molar-refractivity contribution is -0.142. The standard InChI is InChI=1S/C6H8N2O2/c7-5-6(9)10-8-3-1-2-4-8/h1-4H,5,7H2. The van der Waals surface area contributed by atoms with Gasteiger partial charge in [0.15, 0.2) is 0 Å². The highest BCUT2D eigenvalue weighted by atomic mass is 16.7. The summed E-state index contributed by atoms with van der Waals surface area (Å²) in [5.41, 5.74) is 5.00. The Morgan fingerprint density at radius 3 is 2.60 bits per heavy atom. The molecule has 0 saturated heterocycles. The van der Waals surface area contributed by atoms with Crippen molar-refractivity contribution < 1.29 is 9.63 Å². The molecule has 54 valence electrons. The van der Waals surface area contributed by atoms with E-state index in [2.05, 4.69) is 4.84 Å². The first kappa shape index (κ1) is 6.82. The molecule has 10 heavy (non-hydrogen) atoms. The largest absolute Gasteiger partial charge is 0.346 e. The molecule has 0 amide bonds. The highest BCUT2D eigenvalue weighted by Gasteiger charge is 1.97. The number of nitrogens with two attached hydrogens (primary N) is 1. The van der Waals surface area contributed by atoms with Gasteiger partial charge >= 0.3 is 5.97 Å². The maximum Gasteiger partial charge on any atom is 0.346 e. The molecule has 0 aromatic carbocycles. The van der Waals surface area contributed by atoms with Crippen LogP contribution in [0.4, 0.5) is 0 Å². The second-order valence-corrected chi connectivity index (χ2v) is 1.71. The average molecular weight is 140 g/mol. The smallest absolute Gasteiger partial charge is 0.336 e. The number of carbonyl (C=O) groups excluding carboxylic acids is 1. The molecule has 1 aromatic heterocycles. The minimum Gasteiger partial charge on any atom is -0.336 e. The summed E-state index contributed by atoms with van der Waals surface area (Å²) >= 11 is 0. The molecule has 1 heterocycles. The van der Waals surface area contributed by atoms with Gasteiger partial charge in [0.2, 0.25) is 0 Å². The Balaban J connectivity index is 2.48. The van der Waals surface area contributed by atoms with E-state index in [0.717, 1.165) is 0 Å². The monoisotopic (exact) mass is 140 g/mol. The topological polar surface area (TPSA) is 57.3 Å². The minimum absolute atomic E-state index is 0.0990. The molecule has 1 aromatic rings. The first-order valence-corrected chi connectivity index (χ1v) is 2.87. The number of hydrogen-bond donors (Lipinski definition) is 1. The van der Waals surface area contributed by atoms with Crippen LogP contribution in [0.3, 0.4) is 0 Å². The summed E-state index contributed by atoms with van der Waals surface area (Å²) in [6.07, 6.45) is 3.24. The molecule has 0 saturated carbocycles. The van der Waals surface area contributed by atoms with Crippen molar-refractivity contribution in [3.63, 3.8) is 0 Å². The molecule has 4 heteroatoms. The van der Waals surface area contributed by atoms with Gasteiger partial charge in [0.1, 0.15) is 0 Å². The molecular formula is C6H8N2O2. The maximum absolute atomic E-state index is 10.5. The van der Waals surface area contributed by atoms with E-state index in [-0.39, 0.29) is 6.54 Å². The van der Waals surface area contributed by atoms with E-state index in [0.29, 0.717) is 0 Å². The normalized spacial score (nSPS) is 9.30. The first-order chi connectivity index (χ1) is 4.83. The Labute approximate surface area is 58.1 Å². The van der Waals surface area contributed by atoms with Crippen LogP contribution in [-0.4, -0.2) is 17.2 Å². The van der Waals surface area contributed by atoms with Gasteiger partial charge in [0, 0.05) is 12.4 Å². The summed E-state index contributed by atoms with van der Waals surface area (Å²) < 4.78 is 1.30. The van der Waals surface area contributed by atoms with Crippen LogP contribution in [0, 0.1) is 0 Å². The lowest BCUT2D eigenvalue weighted by Crippen LogP contribution is -2.25. The first-order valence-electron chi connectivity index (χ1n) is 2.87. The summed E-state index contributed by atoms with van der Waals surface area (Å²) in [6, 6.07) is 3.51. The molecular weight excluding hydrogens is 132 g/mol. The molecule has 1 rings (SSSR count). The predicted molar refractivity (Wildman–Crippen MR) is 35.1 cm³/mol. The van der Waals surface area contributed by atoms with Crippen LogP contribution in [0.15, 0.2) is 24.5 Å². The van der Waals surface area contributed by atoms with E-state index in [1.165, 1.54) is 4.73 Å². The Morgan fingerprint density at radius 1 is 1.50 bits per heavy atom. The van der Waals surface area contributed by atoms with E-state index in [4.69, 9.17) is 5.73 Å². The quantitative estimate of drug-likeness (QED) is 0.596. The molecule has 0 atom stereocenters. The minimum atomic E-state index is -0.448. The Morgan fingerprint density at radius 2 is 2.10 bits per heavy atom. The van der Waals surface area contributed by atoms with Gasteiger partial charge in [-0.25, -0.2) is 4.79 Å². The molecule has 2 N–H and O–H groups in total. The molecule has 0 unspecified atom stereocenters. The number of rotatable bonds is 2. The van der Waals surface area contributed by atoms with E-state index < -0.39 is 5.97 Å². The van der Waals surface area contributed by atoms with Crippen LogP contribution in [0.5, 0.6) is 0 Å². The van der Waals surface area contributed by atoms with Gasteiger partial charge in [0.05, 0.1) is 6.54 Å². The van der Waals surface area contributed by atoms with E-state index in [9.17, 15) is 4.79 Å². The third-order valence-electron chi connectivity index (χ3n) is 0.951. The van der Waals surface area contributed by atoms with Crippen LogP contribution in [0.2, 0.25) is 0 Å². The molecule has 0 radical (unpaired) electrons. The van der Waals surface area contributed by atoms with Crippen molar-refractivity contribution in [1.82, 2.24) is 4.73 Å². The van der Waals surface area contributed by atoms with Gasteiger partial charge in [-0.2, -0.15) is 4.73 Å². The van der Waals surface area contributed by atoms with Gasteiger partial charge in [-0.1, -0.05) is 0 Å². The summed E-state index contributed by atoms with van der Waals surface area (Å²) in [5.74, 6) is -0.448. The average Bonchev–Trinajstić information content (AvgIpc) is 2.40. The molecule has 0 bridgehead atoms. The van der Waals surface area contributed by atoms with Crippen molar-refractivity contribution in [3.8, 4) is 0 Å². The van der Waals surface area contributed by atoms with Crippen molar-refractivity contribution in [2.45, 2.75) is 0 Å². The molecule has 0 aliphatic rings. The molecule has 4 nitrogen and oxygen atoms in total. The molecule has 0 aliphatic carbocycles.